The summed E-state index contributed by atoms with van der Waals surface area (Å²) >= 11 is 0. The van der Waals surface area contributed by atoms with Crippen LogP contribution in [0.15, 0.2) is 0 Å². The lowest BCUT2D eigenvalue weighted by Crippen LogP contribution is -2.36. The molecule has 1 heteroatoms. The first-order chi connectivity index (χ1) is 6.31. The summed E-state index contributed by atoms with van der Waals surface area (Å²) < 4.78 is 0. The zero-order chi connectivity index (χ0) is 9.68. The van der Waals surface area contributed by atoms with Gasteiger partial charge in [0.05, 0.1) is 0 Å². The first-order valence-electron chi connectivity index (χ1n) is 5.99. The van der Waals surface area contributed by atoms with Gasteiger partial charge in [-0.05, 0) is 25.3 Å². The maximum atomic E-state index is 3.50. The van der Waals surface area contributed by atoms with Crippen LogP contribution in [0.4, 0.5) is 0 Å². The van der Waals surface area contributed by atoms with Crippen molar-refractivity contribution in [3.05, 3.63) is 0 Å². The van der Waals surface area contributed by atoms with Gasteiger partial charge in [0.15, 0.2) is 0 Å². The second kappa shape index (κ2) is 5.64. The minimum absolute atomic E-state index is 0.778. The highest BCUT2D eigenvalue weighted by Crippen LogP contribution is 2.32. The molecule has 1 atom stereocenters. The molecule has 1 aliphatic carbocycles. The fourth-order valence-corrected chi connectivity index (χ4v) is 2.49. The molecule has 0 aromatic rings. The molecule has 78 valence electrons. The van der Waals surface area contributed by atoms with Gasteiger partial charge in [-0.25, -0.2) is 0 Å². The molecule has 1 rings (SSSR count). The van der Waals surface area contributed by atoms with Crippen molar-refractivity contribution in [3.8, 4) is 0 Å². The van der Waals surface area contributed by atoms with E-state index in [-0.39, 0.29) is 0 Å². The highest BCUT2D eigenvalue weighted by Gasteiger charge is 2.24. The van der Waals surface area contributed by atoms with Crippen LogP contribution in [0.2, 0.25) is 0 Å². The molecule has 0 saturated heterocycles. The minimum Gasteiger partial charge on any atom is -0.317 e. The maximum absolute atomic E-state index is 3.50. The molecule has 13 heavy (non-hydrogen) atoms. The van der Waals surface area contributed by atoms with Crippen LogP contribution in [0.25, 0.3) is 0 Å². The Balaban J connectivity index is 2.30. The van der Waals surface area contributed by atoms with Crippen LogP contribution in [0.3, 0.4) is 0 Å². The van der Waals surface area contributed by atoms with Crippen molar-refractivity contribution in [2.24, 2.45) is 11.8 Å². The maximum Gasteiger partial charge on any atom is 0.00947 e. The number of hydrogen-bond acceptors (Lipinski definition) is 1. The van der Waals surface area contributed by atoms with Crippen molar-refractivity contribution in [1.82, 2.24) is 5.32 Å². The largest absolute Gasteiger partial charge is 0.317 e. The van der Waals surface area contributed by atoms with E-state index in [0.29, 0.717) is 0 Å². The van der Waals surface area contributed by atoms with Gasteiger partial charge in [0.2, 0.25) is 0 Å². The molecule has 0 amide bonds. The lowest BCUT2D eigenvalue weighted by atomic mass is 9.77. The van der Waals surface area contributed by atoms with Gasteiger partial charge in [-0.2, -0.15) is 0 Å². The summed E-state index contributed by atoms with van der Waals surface area (Å²) in [7, 11) is 2.13. The van der Waals surface area contributed by atoms with Gasteiger partial charge in [0, 0.05) is 6.04 Å². The van der Waals surface area contributed by atoms with Crippen molar-refractivity contribution in [3.63, 3.8) is 0 Å². The first-order valence-corrected chi connectivity index (χ1v) is 5.99. The Bertz CT molecular complexity index is 125. The molecule has 0 aromatic heterocycles. The number of hydrogen-bond donors (Lipinski definition) is 1. The van der Waals surface area contributed by atoms with Gasteiger partial charge in [-0.3, -0.25) is 0 Å². The molecule has 1 saturated carbocycles. The summed E-state index contributed by atoms with van der Waals surface area (Å²) in [6, 6.07) is 0.778. The molecule has 0 aliphatic heterocycles. The van der Waals surface area contributed by atoms with Gasteiger partial charge in [-0.1, -0.05) is 46.0 Å². The van der Waals surface area contributed by atoms with Crippen LogP contribution in [0, 0.1) is 11.8 Å². The van der Waals surface area contributed by atoms with Crippen molar-refractivity contribution in [2.45, 2.75) is 58.4 Å². The van der Waals surface area contributed by atoms with Crippen LogP contribution in [-0.2, 0) is 0 Å². The van der Waals surface area contributed by atoms with E-state index < -0.39 is 0 Å². The molecular formula is C12H25N. The zero-order valence-electron chi connectivity index (χ0n) is 9.47. The van der Waals surface area contributed by atoms with E-state index in [2.05, 4.69) is 26.2 Å². The van der Waals surface area contributed by atoms with E-state index in [9.17, 15) is 0 Å². The molecule has 0 radical (unpaired) electrons. The number of nitrogens with one attached hydrogen (secondary N) is 1. The average molecular weight is 183 g/mol. The van der Waals surface area contributed by atoms with Crippen LogP contribution >= 0.6 is 0 Å². The quantitative estimate of drug-likeness (QED) is 0.667. The summed E-state index contributed by atoms with van der Waals surface area (Å²) in [5.74, 6) is 1.93. The van der Waals surface area contributed by atoms with Crippen molar-refractivity contribution in [2.75, 3.05) is 7.05 Å². The molecule has 1 aliphatic rings. The van der Waals surface area contributed by atoms with Crippen molar-refractivity contribution < 1.29 is 0 Å². The highest BCUT2D eigenvalue weighted by atomic mass is 14.9. The normalized spacial score (nSPS) is 20.3. The molecule has 1 N–H and O–H groups in total. The van der Waals surface area contributed by atoms with Gasteiger partial charge in [-0.15, -0.1) is 0 Å². The zero-order valence-corrected chi connectivity index (χ0v) is 9.47. The third-order valence-electron chi connectivity index (χ3n) is 3.80. The van der Waals surface area contributed by atoms with Gasteiger partial charge >= 0.3 is 0 Å². The smallest absolute Gasteiger partial charge is 0.00947 e. The van der Waals surface area contributed by atoms with Gasteiger partial charge < -0.3 is 5.32 Å². The van der Waals surface area contributed by atoms with E-state index in [1.807, 2.05) is 0 Å². The fraction of sp³-hybridized carbons (Fsp3) is 1.00. The van der Waals surface area contributed by atoms with E-state index >= 15 is 0 Å². The summed E-state index contributed by atoms with van der Waals surface area (Å²) in [5, 5.41) is 3.50. The summed E-state index contributed by atoms with van der Waals surface area (Å²) in [5.41, 5.74) is 0. The summed E-state index contributed by atoms with van der Waals surface area (Å²) in [6.45, 7) is 4.64. The van der Waals surface area contributed by atoms with Crippen LogP contribution in [0.5, 0.6) is 0 Å². The minimum atomic E-state index is 0.778. The second-order valence-corrected chi connectivity index (χ2v) is 4.50. The molecule has 0 spiro atoms. The second-order valence-electron chi connectivity index (χ2n) is 4.50. The van der Waals surface area contributed by atoms with Crippen molar-refractivity contribution >= 4 is 0 Å². The molecule has 1 unspecified atom stereocenters. The predicted molar refractivity (Wildman–Crippen MR) is 58.9 cm³/mol. The lowest BCUT2D eigenvalue weighted by molar-refractivity contribution is 0.222. The SMILES string of the molecule is CCC(CC)C(CC1CCC1)NC. The molecule has 0 aromatic carbocycles. The van der Waals surface area contributed by atoms with E-state index in [1.54, 1.807) is 0 Å². The monoisotopic (exact) mass is 183 g/mol. The van der Waals surface area contributed by atoms with Crippen molar-refractivity contribution in [1.29, 1.82) is 0 Å². The van der Waals surface area contributed by atoms with E-state index in [1.165, 1.54) is 38.5 Å². The van der Waals surface area contributed by atoms with Crippen LogP contribution in [0.1, 0.15) is 52.4 Å². The Hall–Kier alpha value is -0.0400. The van der Waals surface area contributed by atoms with Gasteiger partial charge in [0.1, 0.15) is 0 Å². The Morgan fingerprint density at radius 2 is 1.85 bits per heavy atom. The standard InChI is InChI=1S/C12H25N/c1-4-11(5-2)12(13-3)9-10-7-6-8-10/h10-13H,4-9H2,1-3H3. The third-order valence-corrected chi connectivity index (χ3v) is 3.80. The summed E-state index contributed by atoms with van der Waals surface area (Å²) in [6.07, 6.45) is 8.52. The van der Waals surface area contributed by atoms with E-state index in [4.69, 9.17) is 0 Å². The molecule has 0 bridgehead atoms. The molecular weight excluding hydrogens is 158 g/mol. The fourth-order valence-electron chi connectivity index (χ4n) is 2.49. The summed E-state index contributed by atoms with van der Waals surface area (Å²) in [4.78, 5) is 0. The van der Waals surface area contributed by atoms with Gasteiger partial charge in [0.25, 0.3) is 0 Å². The Morgan fingerprint density at radius 3 is 2.15 bits per heavy atom. The van der Waals surface area contributed by atoms with Crippen LogP contribution < -0.4 is 5.32 Å². The van der Waals surface area contributed by atoms with E-state index in [0.717, 1.165) is 17.9 Å². The Labute approximate surface area is 83.3 Å². The predicted octanol–water partition coefficient (Wildman–Crippen LogP) is 3.20. The molecule has 0 heterocycles. The topological polar surface area (TPSA) is 12.0 Å². The third kappa shape index (κ3) is 2.98. The molecule has 1 nitrogen and oxygen atoms in total. The first kappa shape index (κ1) is 11.0. The number of rotatable bonds is 6. The Kier molecular flexibility index (Phi) is 4.79. The molecule has 1 fully saturated rings. The highest BCUT2D eigenvalue weighted by molar-refractivity contribution is 4.80. The lowest BCUT2D eigenvalue weighted by Gasteiger charge is -2.33. The van der Waals surface area contributed by atoms with Crippen LogP contribution in [-0.4, -0.2) is 13.1 Å². The Morgan fingerprint density at radius 1 is 1.23 bits per heavy atom. The average Bonchev–Trinajstić information content (AvgIpc) is 2.09.